The maximum absolute atomic E-state index is 11.5. The molecule has 2 heteroatoms. The molecule has 1 rings (SSSR count). The van der Waals surface area contributed by atoms with Crippen LogP contribution in [-0.4, -0.2) is 12.8 Å². The van der Waals surface area contributed by atoms with Crippen LogP contribution in [-0.2, 0) is 0 Å². The summed E-state index contributed by atoms with van der Waals surface area (Å²) in [5.74, 6) is 0.0588. The normalized spacial score (nSPS) is 11.6. The second kappa shape index (κ2) is 6.60. The fourth-order valence-corrected chi connectivity index (χ4v) is 1.72. The molecule has 0 aromatic heterocycles. The van der Waals surface area contributed by atoms with Gasteiger partial charge in [-0.1, -0.05) is 36.9 Å². The van der Waals surface area contributed by atoms with Crippen molar-refractivity contribution in [3.05, 3.63) is 60.2 Å². The summed E-state index contributed by atoms with van der Waals surface area (Å²) in [4.78, 5) is 11.5. The predicted octanol–water partition coefficient (Wildman–Crippen LogP) is 4.08. The fraction of sp³-hybridized carbons (Fsp3) is 0.188. The lowest BCUT2D eigenvalue weighted by Gasteiger charge is -2.09. The molecular weight excluding hydrogens is 222 g/mol. The van der Waals surface area contributed by atoms with Gasteiger partial charge in [0.1, 0.15) is 0 Å². The highest BCUT2D eigenvalue weighted by Gasteiger charge is 2.07. The summed E-state index contributed by atoms with van der Waals surface area (Å²) >= 11 is 0. The van der Waals surface area contributed by atoms with Crippen molar-refractivity contribution in [2.24, 2.45) is 0 Å². The monoisotopic (exact) mass is 241 g/mol. The molecule has 0 aliphatic heterocycles. The molecule has 0 atom stereocenters. The molecule has 2 nitrogen and oxygen atoms in total. The molecule has 1 N–H and O–H groups in total. The van der Waals surface area contributed by atoms with Gasteiger partial charge in [0.25, 0.3) is 0 Å². The molecule has 0 aliphatic carbocycles. The van der Waals surface area contributed by atoms with E-state index in [0.29, 0.717) is 5.56 Å². The molecule has 18 heavy (non-hydrogen) atoms. The minimum atomic E-state index is 0.0588. The van der Waals surface area contributed by atoms with Gasteiger partial charge in [-0.25, -0.2) is 0 Å². The molecule has 0 radical (unpaired) electrons. The molecule has 0 saturated carbocycles. The van der Waals surface area contributed by atoms with Crippen LogP contribution in [0.25, 0.3) is 5.57 Å². The van der Waals surface area contributed by atoms with E-state index in [4.69, 9.17) is 0 Å². The second-order valence-corrected chi connectivity index (χ2v) is 3.92. The highest BCUT2D eigenvalue weighted by molar-refractivity contribution is 6.00. The van der Waals surface area contributed by atoms with Crippen LogP contribution < -0.4 is 5.32 Å². The number of allylic oxidation sites excluding steroid dienone is 5. The van der Waals surface area contributed by atoms with Gasteiger partial charge < -0.3 is 5.32 Å². The van der Waals surface area contributed by atoms with E-state index < -0.39 is 0 Å². The fourth-order valence-electron chi connectivity index (χ4n) is 1.72. The molecule has 0 bridgehead atoms. The lowest BCUT2D eigenvalue weighted by molar-refractivity contribution is 0.101. The zero-order chi connectivity index (χ0) is 13.5. The molecule has 94 valence electrons. The lowest BCUT2D eigenvalue weighted by Crippen LogP contribution is -2.00. The number of carbonyl (C=O) groups excluding carboxylic acids is 1. The molecule has 1 aromatic rings. The van der Waals surface area contributed by atoms with Crippen LogP contribution in [0, 0.1) is 0 Å². The van der Waals surface area contributed by atoms with Gasteiger partial charge in [-0.2, -0.15) is 0 Å². The molecule has 0 fully saturated rings. The third-order valence-corrected chi connectivity index (χ3v) is 2.69. The first-order valence-electron chi connectivity index (χ1n) is 5.92. The first-order chi connectivity index (χ1) is 8.63. The zero-order valence-electron chi connectivity index (χ0n) is 11.2. The van der Waals surface area contributed by atoms with Crippen molar-refractivity contribution in [2.45, 2.75) is 13.8 Å². The van der Waals surface area contributed by atoms with E-state index in [1.807, 2.05) is 56.5 Å². The first-order valence-corrected chi connectivity index (χ1v) is 5.92. The van der Waals surface area contributed by atoms with E-state index in [0.717, 1.165) is 16.8 Å². The summed E-state index contributed by atoms with van der Waals surface area (Å²) in [6.45, 7) is 7.35. The Kier molecular flexibility index (Phi) is 5.12. The Morgan fingerprint density at radius 3 is 2.61 bits per heavy atom. The SMILES string of the molecule is C=C/C(=C\C=C/C)c1ccc(C(C)=O)c(NC)c1. The van der Waals surface area contributed by atoms with E-state index in [1.54, 1.807) is 6.92 Å². The second-order valence-electron chi connectivity index (χ2n) is 3.92. The zero-order valence-corrected chi connectivity index (χ0v) is 11.2. The Morgan fingerprint density at radius 2 is 2.11 bits per heavy atom. The largest absolute Gasteiger partial charge is 0.388 e. The minimum Gasteiger partial charge on any atom is -0.388 e. The van der Waals surface area contributed by atoms with Crippen LogP contribution >= 0.6 is 0 Å². The summed E-state index contributed by atoms with van der Waals surface area (Å²) in [6.07, 6.45) is 7.73. The summed E-state index contributed by atoms with van der Waals surface area (Å²) < 4.78 is 0. The van der Waals surface area contributed by atoms with E-state index in [1.165, 1.54) is 0 Å². The number of Topliss-reactive ketones (excluding diaryl/α,β-unsaturated/α-hetero) is 1. The van der Waals surface area contributed by atoms with Crippen LogP contribution in [0.4, 0.5) is 5.69 Å². The Hall–Kier alpha value is -2.09. The van der Waals surface area contributed by atoms with Crippen molar-refractivity contribution in [1.29, 1.82) is 0 Å². The van der Waals surface area contributed by atoms with Gasteiger partial charge in [0.2, 0.25) is 0 Å². The number of ketones is 1. The van der Waals surface area contributed by atoms with Crippen LogP contribution in [0.1, 0.15) is 29.8 Å². The number of carbonyl (C=O) groups is 1. The molecule has 0 unspecified atom stereocenters. The third kappa shape index (κ3) is 3.20. The average molecular weight is 241 g/mol. The predicted molar refractivity (Wildman–Crippen MR) is 79.0 cm³/mol. The topological polar surface area (TPSA) is 29.1 Å². The van der Waals surface area contributed by atoms with Gasteiger partial charge in [-0.05, 0) is 37.1 Å². The van der Waals surface area contributed by atoms with Crippen molar-refractivity contribution < 1.29 is 4.79 Å². The maximum atomic E-state index is 11.5. The standard InChI is InChI=1S/C16H19NO/c1-5-7-8-13(6-2)14-9-10-15(12(3)18)16(11-14)17-4/h5-11,17H,2H2,1,3-4H3/b7-5-,13-8+. The smallest absolute Gasteiger partial charge is 0.161 e. The number of rotatable bonds is 5. The summed E-state index contributed by atoms with van der Waals surface area (Å²) in [5.41, 5.74) is 3.61. The molecule has 0 spiro atoms. The molecule has 1 aromatic carbocycles. The quantitative estimate of drug-likeness (QED) is 0.621. The van der Waals surface area contributed by atoms with Crippen molar-refractivity contribution in [2.75, 3.05) is 12.4 Å². The Balaban J connectivity index is 3.27. The average Bonchev–Trinajstić information content (AvgIpc) is 2.39. The van der Waals surface area contributed by atoms with Crippen LogP contribution in [0.3, 0.4) is 0 Å². The van der Waals surface area contributed by atoms with Crippen molar-refractivity contribution >= 4 is 17.0 Å². The molecule has 0 amide bonds. The summed E-state index contributed by atoms with van der Waals surface area (Å²) in [6, 6.07) is 5.75. The third-order valence-electron chi connectivity index (χ3n) is 2.69. The van der Waals surface area contributed by atoms with Gasteiger partial charge in [-0.15, -0.1) is 0 Å². The Morgan fingerprint density at radius 1 is 1.39 bits per heavy atom. The number of hydrogen-bond acceptors (Lipinski definition) is 2. The number of hydrogen-bond donors (Lipinski definition) is 1. The van der Waals surface area contributed by atoms with Crippen LogP contribution in [0.2, 0.25) is 0 Å². The van der Waals surface area contributed by atoms with Crippen molar-refractivity contribution in [1.82, 2.24) is 0 Å². The maximum Gasteiger partial charge on any atom is 0.161 e. The highest BCUT2D eigenvalue weighted by Crippen LogP contribution is 2.23. The number of benzene rings is 1. The Labute approximate surface area is 109 Å². The van der Waals surface area contributed by atoms with Gasteiger partial charge >= 0.3 is 0 Å². The van der Waals surface area contributed by atoms with Gasteiger partial charge in [0, 0.05) is 18.3 Å². The summed E-state index contributed by atoms with van der Waals surface area (Å²) in [7, 11) is 1.81. The van der Waals surface area contributed by atoms with Gasteiger partial charge in [-0.3, -0.25) is 4.79 Å². The number of anilines is 1. The van der Waals surface area contributed by atoms with E-state index in [-0.39, 0.29) is 5.78 Å². The van der Waals surface area contributed by atoms with Crippen molar-refractivity contribution in [3.63, 3.8) is 0 Å². The van der Waals surface area contributed by atoms with Crippen LogP contribution in [0.5, 0.6) is 0 Å². The first kappa shape index (κ1) is 14.0. The molecule has 0 saturated heterocycles. The summed E-state index contributed by atoms with van der Waals surface area (Å²) in [5, 5.41) is 3.05. The molecular formula is C16H19NO. The molecule has 0 aliphatic rings. The molecule has 0 heterocycles. The van der Waals surface area contributed by atoms with E-state index in [2.05, 4.69) is 11.9 Å². The Bertz CT molecular complexity index is 510. The number of nitrogens with one attached hydrogen (secondary N) is 1. The highest BCUT2D eigenvalue weighted by atomic mass is 16.1. The van der Waals surface area contributed by atoms with Gasteiger partial charge in [0.05, 0.1) is 0 Å². The van der Waals surface area contributed by atoms with Crippen molar-refractivity contribution in [3.8, 4) is 0 Å². The minimum absolute atomic E-state index is 0.0588. The van der Waals surface area contributed by atoms with E-state index in [9.17, 15) is 4.79 Å². The lowest BCUT2D eigenvalue weighted by atomic mass is 10.0. The van der Waals surface area contributed by atoms with Crippen LogP contribution in [0.15, 0.2) is 49.1 Å². The van der Waals surface area contributed by atoms with E-state index >= 15 is 0 Å². The van der Waals surface area contributed by atoms with Gasteiger partial charge in [0.15, 0.2) is 5.78 Å².